The number of imide groups is 1. The van der Waals surface area contributed by atoms with Crippen LogP contribution in [0.1, 0.15) is 34.3 Å². The van der Waals surface area contributed by atoms with Gasteiger partial charge in [-0.05, 0) is 61.2 Å². The first kappa shape index (κ1) is 35.4. The number of amides is 3. The van der Waals surface area contributed by atoms with Crippen LogP contribution in [-0.4, -0.2) is 90.1 Å². The highest BCUT2D eigenvalue weighted by atomic mass is 35.5. The summed E-state index contributed by atoms with van der Waals surface area (Å²) in [6.45, 7) is 7.91. The molecule has 7 rings (SSSR count). The SMILES string of the molecule is COc1cc(N2CCN(Cc3ccc4c(c3)CN(C3CCC(=O)NC3=O)C4=O)CC2)ccc1Nc1ncc(Cl)c(Nc2ccccc2P(C)(C)=O)n1. The van der Waals surface area contributed by atoms with Gasteiger partial charge in [0.1, 0.15) is 24.0 Å². The molecule has 270 valence electrons. The van der Waals surface area contributed by atoms with Crippen molar-refractivity contribution in [3.05, 3.63) is 88.6 Å². The third-order valence-electron chi connectivity index (χ3n) is 9.64. The van der Waals surface area contributed by atoms with Crippen molar-refractivity contribution < 1.29 is 23.7 Å². The molecule has 1 aromatic heterocycles. The zero-order valence-electron chi connectivity index (χ0n) is 29.2. The number of benzene rings is 3. The van der Waals surface area contributed by atoms with Gasteiger partial charge in [-0.3, -0.25) is 24.6 Å². The number of rotatable bonds is 10. The van der Waals surface area contributed by atoms with Gasteiger partial charge in [0.25, 0.3) is 5.91 Å². The molecule has 52 heavy (non-hydrogen) atoms. The van der Waals surface area contributed by atoms with E-state index in [0.29, 0.717) is 57.7 Å². The van der Waals surface area contributed by atoms with Crippen LogP contribution in [0.25, 0.3) is 0 Å². The predicted octanol–water partition coefficient (Wildman–Crippen LogP) is 4.96. The number of para-hydroxylation sites is 1. The minimum atomic E-state index is -2.55. The molecule has 0 aliphatic carbocycles. The van der Waals surface area contributed by atoms with Crippen LogP contribution < -0.4 is 30.9 Å². The molecule has 1 unspecified atom stereocenters. The van der Waals surface area contributed by atoms with Gasteiger partial charge in [-0.25, -0.2) is 4.98 Å². The lowest BCUT2D eigenvalue weighted by Crippen LogP contribution is -2.52. The second-order valence-electron chi connectivity index (χ2n) is 13.5. The highest BCUT2D eigenvalue weighted by Gasteiger charge is 2.39. The van der Waals surface area contributed by atoms with Gasteiger partial charge >= 0.3 is 0 Å². The molecule has 4 aromatic rings. The van der Waals surface area contributed by atoms with Crippen LogP contribution in [0.5, 0.6) is 5.75 Å². The smallest absolute Gasteiger partial charge is 0.255 e. The molecule has 3 N–H and O–H groups in total. The van der Waals surface area contributed by atoms with E-state index in [1.807, 2.05) is 54.6 Å². The number of piperazine rings is 1. The molecule has 13 nitrogen and oxygen atoms in total. The first-order valence-electron chi connectivity index (χ1n) is 17.1. The number of nitrogens with one attached hydrogen (secondary N) is 3. The van der Waals surface area contributed by atoms with Crippen molar-refractivity contribution in [1.29, 1.82) is 0 Å². The molecule has 3 aliphatic rings. The normalized spacial score (nSPS) is 17.9. The number of fused-ring (bicyclic) bond motifs is 1. The van der Waals surface area contributed by atoms with Crippen molar-refractivity contribution in [3.8, 4) is 5.75 Å². The molecule has 15 heteroatoms. The summed E-state index contributed by atoms with van der Waals surface area (Å²) >= 11 is 6.45. The monoisotopic (exact) mass is 742 g/mol. The van der Waals surface area contributed by atoms with Crippen LogP contribution in [0.15, 0.2) is 66.9 Å². The number of halogens is 1. The number of carbonyl (C=O) groups excluding carboxylic acids is 3. The average molecular weight is 743 g/mol. The summed E-state index contributed by atoms with van der Waals surface area (Å²) < 4.78 is 18.6. The minimum Gasteiger partial charge on any atom is -0.494 e. The Morgan fingerprint density at radius 2 is 1.77 bits per heavy atom. The third kappa shape index (κ3) is 7.48. The molecule has 2 saturated heterocycles. The number of hydrogen-bond acceptors (Lipinski definition) is 11. The van der Waals surface area contributed by atoms with E-state index in [1.54, 1.807) is 25.3 Å². The first-order chi connectivity index (χ1) is 25.0. The van der Waals surface area contributed by atoms with E-state index in [9.17, 15) is 18.9 Å². The van der Waals surface area contributed by atoms with Crippen molar-refractivity contribution in [2.45, 2.75) is 32.0 Å². The van der Waals surface area contributed by atoms with Crippen LogP contribution in [0.2, 0.25) is 5.02 Å². The maximum atomic E-state index is 13.1. The number of anilines is 5. The maximum absolute atomic E-state index is 13.1. The van der Waals surface area contributed by atoms with Gasteiger partial charge in [-0.15, -0.1) is 0 Å². The van der Waals surface area contributed by atoms with Crippen molar-refractivity contribution in [3.63, 3.8) is 0 Å². The summed E-state index contributed by atoms with van der Waals surface area (Å²) in [7, 11) is -0.930. The molecule has 3 aliphatic heterocycles. The Morgan fingerprint density at radius 3 is 2.52 bits per heavy atom. The number of ether oxygens (including phenoxy) is 1. The van der Waals surface area contributed by atoms with E-state index in [0.717, 1.165) is 49.5 Å². The number of hydrogen-bond donors (Lipinski definition) is 3. The molecule has 2 fully saturated rings. The molecule has 1 atom stereocenters. The molecule has 3 amide bonds. The molecular weight excluding hydrogens is 703 g/mol. The van der Waals surface area contributed by atoms with Crippen LogP contribution in [0.4, 0.5) is 28.8 Å². The Balaban J connectivity index is 0.968. The van der Waals surface area contributed by atoms with Crippen molar-refractivity contribution in [1.82, 2.24) is 25.1 Å². The predicted molar refractivity (Wildman–Crippen MR) is 202 cm³/mol. The van der Waals surface area contributed by atoms with Crippen LogP contribution >= 0.6 is 18.7 Å². The van der Waals surface area contributed by atoms with Gasteiger partial charge in [0, 0.05) is 68.3 Å². The van der Waals surface area contributed by atoms with Crippen molar-refractivity contribution >= 4 is 70.6 Å². The molecule has 4 heterocycles. The number of methoxy groups -OCH3 is 1. The van der Waals surface area contributed by atoms with Crippen LogP contribution in [0.3, 0.4) is 0 Å². The molecular formula is C37H40ClN8O5P. The third-order valence-corrected chi connectivity index (χ3v) is 11.5. The summed E-state index contributed by atoms with van der Waals surface area (Å²) in [6, 6.07) is 18.7. The van der Waals surface area contributed by atoms with Crippen LogP contribution in [0, 0.1) is 0 Å². The van der Waals surface area contributed by atoms with E-state index in [2.05, 4.69) is 41.8 Å². The fourth-order valence-corrected chi connectivity index (χ4v) is 8.23. The Kier molecular flexibility index (Phi) is 9.93. The zero-order valence-corrected chi connectivity index (χ0v) is 30.8. The first-order valence-corrected chi connectivity index (χ1v) is 20.1. The highest BCUT2D eigenvalue weighted by Crippen LogP contribution is 2.39. The Morgan fingerprint density at radius 1 is 0.981 bits per heavy atom. The van der Waals surface area contributed by atoms with Crippen molar-refractivity contribution in [2.24, 2.45) is 0 Å². The lowest BCUT2D eigenvalue weighted by Gasteiger charge is -2.36. The Labute approximate surface area is 307 Å². The fourth-order valence-electron chi connectivity index (χ4n) is 6.94. The number of nitrogens with zero attached hydrogens (tertiary/aromatic N) is 5. The Bertz CT molecular complexity index is 2100. The summed E-state index contributed by atoms with van der Waals surface area (Å²) in [4.78, 5) is 52.4. The van der Waals surface area contributed by atoms with Gasteiger partial charge in [0.2, 0.25) is 17.8 Å². The lowest BCUT2D eigenvalue weighted by molar-refractivity contribution is -0.136. The second-order valence-corrected chi connectivity index (χ2v) is 17.1. The number of carbonyl (C=O) groups is 3. The lowest BCUT2D eigenvalue weighted by atomic mass is 10.0. The Hall–Kier alpha value is -4.97. The molecule has 3 aromatic carbocycles. The van der Waals surface area contributed by atoms with Gasteiger partial charge in [-0.2, -0.15) is 4.98 Å². The minimum absolute atomic E-state index is 0.160. The van der Waals surface area contributed by atoms with Gasteiger partial charge in [0.15, 0.2) is 5.82 Å². The van der Waals surface area contributed by atoms with E-state index in [-0.39, 0.29) is 18.2 Å². The number of piperidine rings is 1. The van der Waals surface area contributed by atoms with E-state index < -0.39 is 19.1 Å². The van der Waals surface area contributed by atoms with Crippen LogP contribution in [-0.2, 0) is 27.2 Å². The van der Waals surface area contributed by atoms with E-state index >= 15 is 0 Å². The number of aromatic nitrogens is 2. The van der Waals surface area contributed by atoms with Crippen molar-refractivity contribution in [2.75, 3.05) is 62.2 Å². The van der Waals surface area contributed by atoms with Gasteiger partial charge in [0.05, 0.1) is 24.7 Å². The molecule has 0 bridgehead atoms. The average Bonchev–Trinajstić information content (AvgIpc) is 3.44. The fraction of sp³-hybridized carbons (Fsp3) is 0.324. The summed E-state index contributed by atoms with van der Waals surface area (Å²) in [5.74, 6) is 0.486. The zero-order chi connectivity index (χ0) is 36.6. The molecule has 0 spiro atoms. The van der Waals surface area contributed by atoms with E-state index in [1.165, 1.54) is 6.20 Å². The molecule has 0 radical (unpaired) electrons. The summed E-state index contributed by atoms with van der Waals surface area (Å²) in [5, 5.41) is 9.86. The maximum Gasteiger partial charge on any atom is 0.255 e. The van der Waals surface area contributed by atoms with Gasteiger partial charge in [-0.1, -0.05) is 35.9 Å². The second kappa shape index (κ2) is 14.6. The quantitative estimate of drug-likeness (QED) is 0.150. The summed E-state index contributed by atoms with van der Waals surface area (Å²) in [5.41, 5.74) is 5.05. The highest BCUT2D eigenvalue weighted by molar-refractivity contribution is 7.70. The largest absolute Gasteiger partial charge is 0.494 e. The molecule has 0 saturated carbocycles. The standard InChI is InChI=1S/C37H40ClN8O5P/c1-51-31-19-25(9-11-28(31)41-37-39-20-27(38)34(43-37)40-29-6-4-5-7-32(29)52(2,3)50)45-16-14-44(15-17-45)21-23-8-10-26-24(18-23)22-46(36(26)49)30-12-13-33(47)42-35(30)48/h4-11,18-20,30H,12-17,21-22H2,1-3H3,(H,42,47,48)(H2,39,40,41,43). The topological polar surface area (TPSA) is 149 Å². The van der Waals surface area contributed by atoms with E-state index in [4.69, 9.17) is 16.3 Å². The van der Waals surface area contributed by atoms with Gasteiger partial charge < -0.3 is 29.7 Å². The summed E-state index contributed by atoms with van der Waals surface area (Å²) in [6.07, 6.45) is 2.10.